The summed E-state index contributed by atoms with van der Waals surface area (Å²) in [5, 5.41) is 2.07. The van der Waals surface area contributed by atoms with E-state index in [1.165, 1.54) is 13.8 Å². The number of ether oxygens (including phenoxy) is 2. The molecule has 0 heterocycles. The fraction of sp³-hybridized carbons (Fsp3) is 0.357. The second-order valence-corrected chi connectivity index (χ2v) is 4.04. The van der Waals surface area contributed by atoms with Crippen molar-refractivity contribution in [2.75, 3.05) is 13.2 Å². The number of carbonyl (C=O) groups is 3. The van der Waals surface area contributed by atoms with Crippen LogP contribution in [0, 0.1) is 11.6 Å². The maximum Gasteiger partial charge on any atom is 0.340 e. The molecule has 0 saturated carbocycles. The molecule has 1 aromatic rings. The number of benzene rings is 1. The summed E-state index contributed by atoms with van der Waals surface area (Å²) in [6.45, 7) is 3.04. The Balaban J connectivity index is 2.92. The van der Waals surface area contributed by atoms with Gasteiger partial charge >= 0.3 is 11.9 Å². The number of rotatable bonds is 6. The van der Waals surface area contributed by atoms with Gasteiger partial charge in [0.2, 0.25) is 6.04 Å². The molecule has 1 rings (SSSR count). The maximum atomic E-state index is 13.1. The number of halogens is 2. The lowest BCUT2D eigenvalue weighted by Crippen LogP contribution is -2.48. The molecule has 0 unspecified atom stereocenters. The van der Waals surface area contributed by atoms with Gasteiger partial charge in [-0.3, -0.25) is 4.79 Å². The van der Waals surface area contributed by atoms with Gasteiger partial charge in [-0.25, -0.2) is 18.4 Å². The van der Waals surface area contributed by atoms with Crippen LogP contribution < -0.4 is 5.32 Å². The van der Waals surface area contributed by atoms with Crippen molar-refractivity contribution in [3.05, 3.63) is 35.4 Å². The van der Waals surface area contributed by atoms with Gasteiger partial charge in [-0.15, -0.1) is 0 Å². The van der Waals surface area contributed by atoms with Crippen LogP contribution in [0.4, 0.5) is 8.78 Å². The van der Waals surface area contributed by atoms with E-state index in [4.69, 9.17) is 0 Å². The average molecular weight is 315 g/mol. The zero-order valence-electron chi connectivity index (χ0n) is 12.0. The highest BCUT2D eigenvalue weighted by molar-refractivity contribution is 6.05. The Morgan fingerprint density at radius 2 is 1.59 bits per heavy atom. The first-order valence-corrected chi connectivity index (χ1v) is 6.49. The number of amides is 1. The number of nitrogens with one attached hydrogen (secondary N) is 1. The summed E-state index contributed by atoms with van der Waals surface area (Å²) in [5.41, 5.74) is -0.252. The molecule has 6 nitrogen and oxygen atoms in total. The molecule has 0 aromatic heterocycles. The Kier molecular flexibility index (Phi) is 6.43. The molecule has 0 aliphatic heterocycles. The van der Waals surface area contributed by atoms with Crippen LogP contribution >= 0.6 is 0 Å². The zero-order valence-corrected chi connectivity index (χ0v) is 12.0. The van der Waals surface area contributed by atoms with Gasteiger partial charge in [0, 0.05) is 5.56 Å². The fourth-order valence-electron chi connectivity index (χ4n) is 1.52. The molecule has 22 heavy (non-hydrogen) atoms. The van der Waals surface area contributed by atoms with Gasteiger partial charge in [0.05, 0.1) is 13.2 Å². The lowest BCUT2D eigenvalue weighted by atomic mass is 10.2. The van der Waals surface area contributed by atoms with E-state index in [1.807, 2.05) is 0 Å². The van der Waals surface area contributed by atoms with Crippen molar-refractivity contribution in [2.45, 2.75) is 19.9 Å². The molecule has 0 aliphatic carbocycles. The first-order valence-electron chi connectivity index (χ1n) is 6.49. The molecule has 0 spiro atoms. The molecule has 1 N–H and O–H groups in total. The molecule has 120 valence electrons. The molecule has 0 saturated heterocycles. The molecule has 0 atom stereocenters. The minimum Gasteiger partial charge on any atom is -0.464 e. The molecule has 1 amide bonds. The van der Waals surface area contributed by atoms with Crippen LogP contribution in [0.5, 0.6) is 0 Å². The summed E-state index contributed by atoms with van der Waals surface area (Å²) < 4.78 is 35.2. The van der Waals surface area contributed by atoms with E-state index in [0.29, 0.717) is 6.07 Å². The van der Waals surface area contributed by atoms with E-state index < -0.39 is 35.5 Å². The first-order chi connectivity index (χ1) is 10.4. The Morgan fingerprint density at radius 1 is 1.05 bits per heavy atom. The van der Waals surface area contributed by atoms with Gasteiger partial charge in [0.15, 0.2) is 11.6 Å². The van der Waals surface area contributed by atoms with Crippen LogP contribution in [-0.2, 0) is 19.1 Å². The highest BCUT2D eigenvalue weighted by Crippen LogP contribution is 2.09. The molecule has 0 aliphatic rings. The second kappa shape index (κ2) is 8.06. The average Bonchev–Trinajstić information content (AvgIpc) is 2.47. The summed E-state index contributed by atoms with van der Waals surface area (Å²) in [4.78, 5) is 35.3. The van der Waals surface area contributed by atoms with Gasteiger partial charge in [-0.2, -0.15) is 0 Å². The number of hydrogen-bond acceptors (Lipinski definition) is 5. The summed E-state index contributed by atoms with van der Waals surface area (Å²) in [7, 11) is 0. The van der Waals surface area contributed by atoms with Crippen molar-refractivity contribution in [3.63, 3.8) is 0 Å². The van der Waals surface area contributed by atoms with E-state index in [-0.39, 0.29) is 18.8 Å². The van der Waals surface area contributed by atoms with Gasteiger partial charge in [0.25, 0.3) is 5.91 Å². The van der Waals surface area contributed by atoms with Crippen LogP contribution in [0.3, 0.4) is 0 Å². The third kappa shape index (κ3) is 4.51. The minimum absolute atomic E-state index is 0.00418. The van der Waals surface area contributed by atoms with Crippen molar-refractivity contribution in [2.24, 2.45) is 0 Å². The fourth-order valence-corrected chi connectivity index (χ4v) is 1.52. The highest BCUT2D eigenvalue weighted by atomic mass is 19.2. The maximum absolute atomic E-state index is 13.1. The number of esters is 2. The van der Waals surface area contributed by atoms with E-state index in [1.54, 1.807) is 0 Å². The zero-order chi connectivity index (χ0) is 16.7. The van der Waals surface area contributed by atoms with Gasteiger partial charge < -0.3 is 14.8 Å². The largest absolute Gasteiger partial charge is 0.464 e. The predicted octanol–water partition coefficient (Wildman–Crippen LogP) is 1.19. The monoisotopic (exact) mass is 315 g/mol. The molecule has 1 aromatic carbocycles. The smallest absolute Gasteiger partial charge is 0.340 e. The molecule has 0 radical (unpaired) electrons. The quantitative estimate of drug-likeness (QED) is 0.630. The van der Waals surface area contributed by atoms with Gasteiger partial charge in [-0.05, 0) is 32.0 Å². The lowest BCUT2D eigenvalue weighted by Gasteiger charge is -2.15. The Morgan fingerprint density at radius 3 is 2.05 bits per heavy atom. The van der Waals surface area contributed by atoms with Crippen LogP contribution in [0.15, 0.2) is 18.2 Å². The van der Waals surface area contributed by atoms with Crippen molar-refractivity contribution in [1.29, 1.82) is 0 Å². The van der Waals surface area contributed by atoms with Gasteiger partial charge in [0.1, 0.15) is 0 Å². The van der Waals surface area contributed by atoms with Crippen LogP contribution in [0.2, 0.25) is 0 Å². The Labute approximate surface area is 125 Å². The third-order valence-electron chi connectivity index (χ3n) is 2.50. The molecule has 0 fully saturated rings. The van der Waals surface area contributed by atoms with E-state index >= 15 is 0 Å². The standard InChI is InChI=1S/C14H15F2NO5/c1-3-21-13(19)11(14(20)22-4-2)17-12(18)8-5-6-9(15)10(16)7-8/h5-7,11H,3-4H2,1-2H3,(H,17,18). The molecule has 8 heteroatoms. The minimum atomic E-state index is -1.68. The van der Waals surface area contributed by atoms with Crippen molar-refractivity contribution in [3.8, 4) is 0 Å². The summed E-state index contributed by atoms with van der Waals surface area (Å²) >= 11 is 0. The Bertz CT molecular complexity index is 558. The second-order valence-electron chi connectivity index (χ2n) is 4.04. The normalized spacial score (nSPS) is 10.2. The molecule has 0 bridgehead atoms. The van der Waals surface area contributed by atoms with Crippen molar-refractivity contribution >= 4 is 17.8 Å². The van der Waals surface area contributed by atoms with E-state index in [0.717, 1.165) is 12.1 Å². The Hall–Kier alpha value is -2.51. The van der Waals surface area contributed by atoms with E-state index in [2.05, 4.69) is 14.8 Å². The summed E-state index contributed by atoms with van der Waals surface area (Å²) in [5.74, 6) is -5.29. The predicted molar refractivity (Wildman–Crippen MR) is 70.9 cm³/mol. The topological polar surface area (TPSA) is 81.7 Å². The first kappa shape index (κ1) is 17.5. The van der Waals surface area contributed by atoms with Crippen molar-refractivity contribution in [1.82, 2.24) is 5.32 Å². The van der Waals surface area contributed by atoms with Crippen LogP contribution in [0.25, 0.3) is 0 Å². The van der Waals surface area contributed by atoms with Crippen LogP contribution in [0.1, 0.15) is 24.2 Å². The highest BCUT2D eigenvalue weighted by Gasteiger charge is 2.31. The molecular weight excluding hydrogens is 300 g/mol. The van der Waals surface area contributed by atoms with Crippen LogP contribution in [-0.4, -0.2) is 37.1 Å². The summed E-state index contributed by atoms with van der Waals surface area (Å²) in [6.07, 6.45) is 0. The number of carbonyl (C=O) groups excluding carboxylic acids is 3. The SMILES string of the molecule is CCOC(=O)C(NC(=O)c1ccc(F)c(F)c1)C(=O)OCC. The lowest BCUT2D eigenvalue weighted by molar-refractivity contribution is -0.157. The number of hydrogen-bond donors (Lipinski definition) is 1. The molecular formula is C14H15F2NO5. The third-order valence-corrected chi connectivity index (χ3v) is 2.50. The van der Waals surface area contributed by atoms with E-state index in [9.17, 15) is 23.2 Å². The van der Waals surface area contributed by atoms with Gasteiger partial charge in [-0.1, -0.05) is 0 Å². The summed E-state index contributed by atoms with van der Waals surface area (Å²) in [6, 6.07) is 0.744. The van der Waals surface area contributed by atoms with Crippen molar-refractivity contribution < 1.29 is 32.6 Å².